The largest absolute Gasteiger partial charge is 0.479 e. The molecule has 1 aromatic carbocycles. The summed E-state index contributed by atoms with van der Waals surface area (Å²) >= 11 is 6.06. The predicted molar refractivity (Wildman–Crippen MR) is 73.5 cm³/mol. The molecule has 2 atom stereocenters. The smallest absolute Gasteiger partial charge is 0.333 e. The molecule has 0 spiro atoms. The summed E-state index contributed by atoms with van der Waals surface area (Å²) in [4.78, 5) is 23.8. The Balaban J connectivity index is 2.28. The highest BCUT2D eigenvalue weighted by molar-refractivity contribution is 6.31. The van der Waals surface area contributed by atoms with Gasteiger partial charge in [0.1, 0.15) is 0 Å². The molecule has 2 rings (SSSR count). The van der Waals surface area contributed by atoms with Gasteiger partial charge in [-0.25, -0.2) is 4.79 Å². The van der Waals surface area contributed by atoms with Crippen molar-refractivity contribution in [2.24, 2.45) is 5.92 Å². The second-order valence-electron chi connectivity index (χ2n) is 4.96. The van der Waals surface area contributed by atoms with E-state index >= 15 is 0 Å². The summed E-state index contributed by atoms with van der Waals surface area (Å²) in [5, 5.41) is 12.4. The maximum atomic E-state index is 12.2. The van der Waals surface area contributed by atoms with Crippen molar-refractivity contribution in [1.29, 1.82) is 0 Å². The van der Waals surface area contributed by atoms with Gasteiger partial charge >= 0.3 is 5.97 Å². The van der Waals surface area contributed by atoms with E-state index in [0.29, 0.717) is 30.2 Å². The summed E-state index contributed by atoms with van der Waals surface area (Å²) in [5.74, 6) is -1.79. The maximum Gasteiger partial charge on any atom is 0.333 e. The summed E-state index contributed by atoms with van der Waals surface area (Å²) in [6, 6.07) is 6.60. The number of hydrogen-bond donors (Lipinski definition) is 2. The fourth-order valence-electron chi connectivity index (χ4n) is 2.19. The van der Waals surface area contributed by atoms with Gasteiger partial charge < -0.3 is 15.2 Å². The summed E-state index contributed by atoms with van der Waals surface area (Å²) in [5.41, 5.74) is -1.20. The van der Waals surface area contributed by atoms with Crippen LogP contribution in [0.2, 0.25) is 5.02 Å². The van der Waals surface area contributed by atoms with Crippen molar-refractivity contribution in [2.45, 2.75) is 18.9 Å². The van der Waals surface area contributed by atoms with Crippen molar-refractivity contribution in [2.75, 3.05) is 13.2 Å². The van der Waals surface area contributed by atoms with Gasteiger partial charge in [-0.2, -0.15) is 0 Å². The number of carboxylic acids is 1. The standard InChI is InChI=1S/C14H16ClNO4/c1-14(13(18)19,10-4-2-3-5-11(10)15)16-12(17)9-6-7-20-8-9/h2-5,9H,6-8H2,1H3,(H,16,17)(H,18,19). The Morgan fingerprint density at radius 1 is 1.45 bits per heavy atom. The van der Waals surface area contributed by atoms with Crippen LogP contribution in [0.5, 0.6) is 0 Å². The van der Waals surface area contributed by atoms with Crippen molar-refractivity contribution >= 4 is 23.5 Å². The molecule has 1 fully saturated rings. The van der Waals surface area contributed by atoms with Crippen molar-refractivity contribution in [3.8, 4) is 0 Å². The Labute approximate surface area is 121 Å². The minimum atomic E-state index is -1.56. The van der Waals surface area contributed by atoms with Gasteiger partial charge in [0, 0.05) is 17.2 Å². The maximum absolute atomic E-state index is 12.2. The molecular weight excluding hydrogens is 282 g/mol. The molecule has 0 aromatic heterocycles. The number of nitrogens with one attached hydrogen (secondary N) is 1. The number of hydrogen-bond acceptors (Lipinski definition) is 3. The van der Waals surface area contributed by atoms with Gasteiger partial charge in [0.2, 0.25) is 5.91 Å². The molecule has 0 radical (unpaired) electrons. The van der Waals surface area contributed by atoms with Gasteiger partial charge in [0.05, 0.1) is 12.5 Å². The molecule has 1 saturated heterocycles. The molecule has 1 aliphatic heterocycles. The number of carbonyl (C=O) groups excluding carboxylic acids is 1. The van der Waals surface area contributed by atoms with E-state index in [1.54, 1.807) is 24.3 Å². The second kappa shape index (κ2) is 5.81. The zero-order chi connectivity index (χ0) is 14.8. The van der Waals surface area contributed by atoms with Crippen LogP contribution >= 0.6 is 11.6 Å². The molecule has 2 N–H and O–H groups in total. The predicted octanol–water partition coefficient (Wildman–Crippen LogP) is 1.79. The van der Waals surface area contributed by atoms with Gasteiger partial charge in [-0.3, -0.25) is 4.79 Å². The van der Waals surface area contributed by atoms with Gasteiger partial charge in [0.25, 0.3) is 0 Å². The van der Waals surface area contributed by atoms with E-state index in [9.17, 15) is 14.7 Å². The summed E-state index contributed by atoms with van der Waals surface area (Å²) < 4.78 is 5.15. The first-order valence-electron chi connectivity index (χ1n) is 6.33. The molecule has 1 aliphatic rings. The molecule has 0 aliphatic carbocycles. The minimum Gasteiger partial charge on any atom is -0.479 e. The van der Waals surface area contributed by atoms with Crippen LogP contribution in [0.3, 0.4) is 0 Å². The third-order valence-corrected chi connectivity index (χ3v) is 3.84. The van der Waals surface area contributed by atoms with Crippen LogP contribution in [0.4, 0.5) is 0 Å². The molecule has 5 nitrogen and oxygen atoms in total. The number of halogens is 1. The molecule has 1 aromatic rings. The normalized spacial score (nSPS) is 21.2. The highest BCUT2D eigenvalue weighted by Crippen LogP contribution is 2.29. The number of carbonyl (C=O) groups is 2. The van der Waals surface area contributed by atoms with Crippen molar-refractivity contribution in [3.63, 3.8) is 0 Å². The molecule has 1 amide bonds. The quantitative estimate of drug-likeness (QED) is 0.888. The molecule has 6 heteroatoms. The average Bonchev–Trinajstić information content (AvgIpc) is 2.92. The van der Waals surface area contributed by atoms with Crippen LogP contribution in [0.1, 0.15) is 18.9 Å². The van der Waals surface area contributed by atoms with E-state index < -0.39 is 11.5 Å². The Kier molecular flexibility index (Phi) is 4.30. The van der Waals surface area contributed by atoms with Crippen LogP contribution in [0, 0.1) is 5.92 Å². The molecule has 2 unspecified atom stereocenters. The van der Waals surface area contributed by atoms with Crippen LogP contribution in [0.25, 0.3) is 0 Å². The third-order valence-electron chi connectivity index (χ3n) is 3.51. The second-order valence-corrected chi connectivity index (χ2v) is 5.37. The topological polar surface area (TPSA) is 75.6 Å². The number of carboxylic acid groups (broad SMARTS) is 1. The van der Waals surface area contributed by atoms with E-state index in [-0.39, 0.29) is 11.8 Å². The van der Waals surface area contributed by atoms with Crippen LogP contribution in [-0.4, -0.2) is 30.2 Å². The van der Waals surface area contributed by atoms with Crippen molar-refractivity contribution < 1.29 is 19.4 Å². The van der Waals surface area contributed by atoms with E-state index in [1.807, 2.05) is 0 Å². The molecule has 1 heterocycles. The minimum absolute atomic E-state index is 0.306. The zero-order valence-corrected chi connectivity index (χ0v) is 11.8. The van der Waals surface area contributed by atoms with Crippen molar-refractivity contribution in [3.05, 3.63) is 34.9 Å². The SMILES string of the molecule is CC(NC(=O)C1CCOC1)(C(=O)O)c1ccccc1Cl. The van der Waals surface area contributed by atoms with Gasteiger partial charge in [-0.1, -0.05) is 29.8 Å². The van der Waals surface area contributed by atoms with Crippen LogP contribution in [-0.2, 0) is 19.9 Å². The van der Waals surface area contributed by atoms with Crippen LogP contribution < -0.4 is 5.32 Å². The van der Waals surface area contributed by atoms with Gasteiger partial charge in [-0.05, 0) is 19.4 Å². The third kappa shape index (κ3) is 2.78. The molecule has 0 saturated carbocycles. The lowest BCUT2D eigenvalue weighted by Gasteiger charge is -2.28. The monoisotopic (exact) mass is 297 g/mol. The Bertz CT molecular complexity index is 528. The first-order valence-corrected chi connectivity index (χ1v) is 6.71. The molecular formula is C14H16ClNO4. The van der Waals surface area contributed by atoms with E-state index in [0.717, 1.165) is 0 Å². The van der Waals surface area contributed by atoms with E-state index in [1.165, 1.54) is 6.92 Å². The first kappa shape index (κ1) is 14.8. The van der Waals surface area contributed by atoms with E-state index in [4.69, 9.17) is 16.3 Å². The summed E-state index contributed by atoms with van der Waals surface area (Å²) in [6.45, 7) is 2.28. The average molecular weight is 298 g/mol. The Morgan fingerprint density at radius 2 is 2.15 bits per heavy atom. The zero-order valence-electron chi connectivity index (χ0n) is 11.1. The fraction of sp³-hybridized carbons (Fsp3) is 0.429. The Morgan fingerprint density at radius 3 is 2.70 bits per heavy atom. The van der Waals surface area contributed by atoms with Crippen LogP contribution in [0.15, 0.2) is 24.3 Å². The first-order chi connectivity index (χ1) is 9.45. The number of ether oxygens (including phenoxy) is 1. The number of aliphatic carboxylic acids is 1. The lowest BCUT2D eigenvalue weighted by molar-refractivity contribution is -0.148. The molecule has 108 valence electrons. The highest BCUT2D eigenvalue weighted by atomic mass is 35.5. The number of rotatable bonds is 4. The fourth-order valence-corrected chi connectivity index (χ4v) is 2.52. The van der Waals surface area contributed by atoms with E-state index in [2.05, 4.69) is 5.32 Å². The summed E-state index contributed by atoms with van der Waals surface area (Å²) in [6.07, 6.45) is 0.601. The molecule has 0 bridgehead atoms. The van der Waals surface area contributed by atoms with Crippen molar-refractivity contribution in [1.82, 2.24) is 5.32 Å². The summed E-state index contributed by atoms with van der Waals surface area (Å²) in [7, 11) is 0. The van der Waals surface area contributed by atoms with Gasteiger partial charge in [-0.15, -0.1) is 0 Å². The van der Waals surface area contributed by atoms with Gasteiger partial charge in [0.15, 0.2) is 5.54 Å². The molecule has 20 heavy (non-hydrogen) atoms. The lowest BCUT2D eigenvalue weighted by Crippen LogP contribution is -2.51. The lowest BCUT2D eigenvalue weighted by atomic mass is 9.91. The Hall–Kier alpha value is -1.59. The highest BCUT2D eigenvalue weighted by Gasteiger charge is 2.40. The number of benzene rings is 1. The number of amides is 1.